The fraction of sp³-hybridized carbons (Fsp3) is 0.455. The van der Waals surface area contributed by atoms with E-state index in [0.29, 0.717) is 18.9 Å². The Bertz CT molecular complexity index is 379. The number of hydrogen-bond donors (Lipinski definition) is 2. The van der Waals surface area contributed by atoms with Gasteiger partial charge in [-0.15, -0.1) is 0 Å². The van der Waals surface area contributed by atoms with Crippen LogP contribution < -0.4 is 10.5 Å². The van der Waals surface area contributed by atoms with Gasteiger partial charge in [0.2, 0.25) is 0 Å². The van der Waals surface area contributed by atoms with Gasteiger partial charge in [-0.1, -0.05) is 0 Å². The molecule has 0 aliphatic carbocycles. The molecule has 0 saturated carbocycles. The number of aromatic hydroxyl groups is 1. The van der Waals surface area contributed by atoms with Gasteiger partial charge in [-0.3, -0.25) is 0 Å². The van der Waals surface area contributed by atoms with Crippen molar-refractivity contribution in [1.82, 2.24) is 0 Å². The number of aryl methyl sites for hydroxylation is 1. The van der Waals surface area contributed by atoms with Gasteiger partial charge in [-0.2, -0.15) is 0 Å². The minimum Gasteiger partial charge on any atom is -0.506 e. The van der Waals surface area contributed by atoms with E-state index in [1.165, 1.54) is 0 Å². The van der Waals surface area contributed by atoms with Crippen LogP contribution in [0.3, 0.4) is 0 Å². The van der Waals surface area contributed by atoms with E-state index in [1.54, 1.807) is 0 Å². The van der Waals surface area contributed by atoms with Crippen molar-refractivity contribution >= 4 is 15.9 Å². The lowest BCUT2D eigenvalue weighted by Crippen LogP contribution is -2.01. The van der Waals surface area contributed by atoms with Gasteiger partial charge in [0, 0.05) is 12.0 Å². The van der Waals surface area contributed by atoms with Crippen LogP contribution >= 0.6 is 15.9 Å². The molecule has 15 heavy (non-hydrogen) atoms. The molecule has 3 nitrogen and oxygen atoms in total. The van der Waals surface area contributed by atoms with Crippen LogP contribution in [0.15, 0.2) is 10.5 Å². The lowest BCUT2D eigenvalue weighted by atomic mass is 10.0. The van der Waals surface area contributed by atoms with Crippen molar-refractivity contribution in [3.8, 4) is 11.5 Å². The zero-order valence-corrected chi connectivity index (χ0v) is 10.0. The average molecular weight is 272 g/mol. The molecule has 1 aliphatic rings. The molecule has 0 radical (unpaired) electrons. The van der Waals surface area contributed by atoms with E-state index in [9.17, 15) is 5.11 Å². The maximum Gasteiger partial charge on any atom is 0.133 e. The number of phenols is 1. The summed E-state index contributed by atoms with van der Waals surface area (Å²) >= 11 is 3.41. The Hall–Kier alpha value is -0.740. The minimum atomic E-state index is 0.340. The molecule has 1 aromatic rings. The second kappa shape index (κ2) is 4.41. The quantitative estimate of drug-likeness (QED) is 0.884. The molecule has 3 N–H and O–H groups in total. The second-order valence-electron chi connectivity index (χ2n) is 3.67. The maximum absolute atomic E-state index is 9.95. The third-order valence-corrected chi connectivity index (χ3v) is 3.49. The normalized spacial score (nSPS) is 13.7. The highest BCUT2D eigenvalue weighted by Crippen LogP contribution is 2.40. The molecule has 0 amide bonds. The standard InChI is InChI=1S/C11H14BrNO2/c12-10-8-3-5-15-9(8)6-7(11(10)14)2-1-4-13/h6,14H,1-5,13H2. The van der Waals surface area contributed by atoms with Gasteiger partial charge in [0.05, 0.1) is 11.1 Å². The van der Waals surface area contributed by atoms with Gasteiger partial charge in [0.25, 0.3) is 0 Å². The predicted octanol–water partition coefficient (Wildman–Crippen LogP) is 1.98. The number of rotatable bonds is 3. The molecule has 0 bridgehead atoms. The summed E-state index contributed by atoms with van der Waals surface area (Å²) in [5, 5.41) is 9.95. The zero-order valence-electron chi connectivity index (χ0n) is 8.42. The van der Waals surface area contributed by atoms with Crippen LogP contribution in [0.5, 0.6) is 11.5 Å². The largest absolute Gasteiger partial charge is 0.506 e. The molecule has 1 heterocycles. The zero-order chi connectivity index (χ0) is 10.8. The monoisotopic (exact) mass is 271 g/mol. The number of halogens is 1. The first kappa shape index (κ1) is 10.8. The van der Waals surface area contributed by atoms with E-state index < -0.39 is 0 Å². The van der Waals surface area contributed by atoms with Crippen LogP contribution in [0.25, 0.3) is 0 Å². The van der Waals surface area contributed by atoms with Crippen LogP contribution in [0, 0.1) is 0 Å². The fourth-order valence-corrected chi connectivity index (χ4v) is 2.46. The summed E-state index contributed by atoms with van der Waals surface area (Å²) in [4.78, 5) is 0. The second-order valence-corrected chi connectivity index (χ2v) is 4.46. The summed E-state index contributed by atoms with van der Waals surface area (Å²) in [6, 6.07) is 1.93. The Kier molecular flexibility index (Phi) is 3.17. The van der Waals surface area contributed by atoms with E-state index in [0.717, 1.165) is 40.6 Å². The Morgan fingerprint density at radius 1 is 1.53 bits per heavy atom. The summed E-state index contributed by atoms with van der Waals surface area (Å²) in [7, 11) is 0. The van der Waals surface area contributed by atoms with Crippen molar-refractivity contribution in [2.24, 2.45) is 5.73 Å². The van der Waals surface area contributed by atoms with Gasteiger partial charge in [-0.05, 0) is 46.9 Å². The lowest BCUT2D eigenvalue weighted by molar-refractivity contribution is 0.356. The number of hydrogen-bond acceptors (Lipinski definition) is 3. The van der Waals surface area contributed by atoms with Crippen LogP contribution in [0.4, 0.5) is 0 Å². The number of phenolic OH excluding ortho intramolecular Hbond substituents is 1. The van der Waals surface area contributed by atoms with E-state index in [-0.39, 0.29) is 0 Å². The molecular formula is C11H14BrNO2. The van der Waals surface area contributed by atoms with Crippen molar-refractivity contribution in [2.75, 3.05) is 13.2 Å². The van der Waals surface area contributed by atoms with Crippen molar-refractivity contribution < 1.29 is 9.84 Å². The molecule has 0 saturated heterocycles. The fourth-order valence-electron chi connectivity index (χ4n) is 1.81. The number of nitrogens with two attached hydrogens (primary N) is 1. The SMILES string of the molecule is NCCCc1cc2c(c(Br)c1O)CCO2. The Balaban J connectivity index is 2.36. The van der Waals surface area contributed by atoms with Gasteiger partial charge in [0.15, 0.2) is 0 Å². The van der Waals surface area contributed by atoms with Crippen LogP contribution in [-0.2, 0) is 12.8 Å². The Labute approximate surface area is 97.4 Å². The first-order valence-corrected chi connectivity index (χ1v) is 5.89. The molecule has 2 rings (SSSR count). The molecule has 0 unspecified atom stereocenters. The molecule has 0 atom stereocenters. The van der Waals surface area contributed by atoms with Gasteiger partial charge < -0.3 is 15.6 Å². The molecule has 1 aromatic carbocycles. The van der Waals surface area contributed by atoms with Crippen molar-refractivity contribution in [3.05, 3.63) is 21.7 Å². The Morgan fingerprint density at radius 3 is 3.07 bits per heavy atom. The maximum atomic E-state index is 9.95. The minimum absolute atomic E-state index is 0.340. The summed E-state index contributed by atoms with van der Waals surface area (Å²) in [5.74, 6) is 1.24. The lowest BCUT2D eigenvalue weighted by Gasteiger charge is -2.09. The molecular weight excluding hydrogens is 258 g/mol. The molecule has 1 aliphatic heterocycles. The summed E-state index contributed by atoms with van der Waals surface area (Å²) in [5.41, 5.74) is 7.44. The molecule has 0 aromatic heterocycles. The summed E-state index contributed by atoms with van der Waals surface area (Å²) < 4.78 is 6.26. The first-order chi connectivity index (χ1) is 7.24. The number of benzene rings is 1. The van der Waals surface area contributed by atoms with Crippen molar-refractivity contribution in [1.29, 1.82) is 0 Å². The van der Waals surface area contributed by atoms with E-state index in [1.807, 2.05) is 6.07 Å². The topological polar surface area (TPSA) is 55.5 Å². The van der Waals surface area contributed by atoms with Crippen LogP contribution in [-0.4, -0.2) is 18.3 Å². The van der Waals surface area contributed by atoms with Gasteiger partial charge in [0.1, 0.15) is 11.5 Å². The number of ether oxygens (including phenoxy) is 1. The average Bonchev–Trinajstić information content (AvgIpc) is 2.69. The highest BCUT2D eigenvalue weighted by Gasteiger charge is 2.20. The van der Waals surface area contributed by atoms with E-state index >= 15 is 0 Å². The molecule has 0 fully saturated rings. The molecule has 82 valence electrons. The Morgan fingerprint density at radius 2 is 2.33 bits per heavy atom. The first-order valence-electron chi connectivity index (χ1n) is 5.10. The highest BCUT2D eigenvalue weighted by molar-refractivity contribution is 9.10. The van der Waals surface area contributed by atoms with Crippen LogP contribution in [0.2, 0.25) is 0 Å². The van der Waals surface area contributed by atoms with Crippen molar-refractivity contribution in [3.63, 3.8) is 0 Å². The predicted molar refractivity (Wildman–Crippen MR) is 62.4 cm³/mol. The highest BCUT2D eigenvalue weighted by atomic mass is 79.9. The van der Waals surface area contributed by atoms with Gasteiger partial charge >= 0.3 is 0 Å². The van der Waals surface area contributed by atoms with Gasteiger partial charge in [-0.25, -0.2) is 0 Å². The third kappa shape index (κ3) is 1.96. The van der Waals surface area contributed by atoms with Crippen molar-refractivity contribution in [2.45, 2.75) is 19.3 Å². The molecule has 4 heteroatoms. The van der Waals surface area contributed by atoms with E-state index in [2.05, 4.69) is 15.9 Å². The number of fused-ring (bicyclic) bond motifs is 1. The molecule has 0 spiro atoms. The third-order valence-electron chi connectivity index (χ3n) is 2.64. The smallest absolute Gasteiger partial charge is 0.133 e. The van der Waals surface area contributed by atoms with E-state index in [4.69, 9.17) is 10.5 Å². The van der Waals surface area contributed by atoms with Crippen LogP contribution in [0.1, 0.15) is 17.5 Å². The summed E-state index contributed by atoms with van der Waals surface area (Å²) in [6.07, 6.45) is 2.52. The summed E-state index contributed by atoms with van der Waals surface area (Å²) in [6.45, 7) is 1.34.